The summed E-state index contributed by atoms with van der Waals surface area (Å²) in [5, 5.41) is 0. The van der Waals surface area contributed by atoms with Crippen LogP contribution in [0.25, 0.3) is 0 Å². The Hall–Kier alpha value is -1.71. The second-order valence-corrected chi connectivity index (χ2v) is 4.93. The van der Waals surface area contributed by atoms with Crippen LogP contribution in [0.4, 0.5) is 0 Å². The van der Waals surface area contributed by atoms with Crippen LogP contribution in [0.1, 0.15) is 20.8 Å². The molecule has 0 fully saturated rings. The van der Waals surface area contributed by atoms with Crippen molar-refractivity contribution in [2.24, 2.45) is 0 Å². The molecule has 0 saturated heterocycles. The molecule has 24 heavy (non-hydrogen) atoms. The fourth-order valence-corrected chi connectivity index (χ4v) is 2.10. The second kappa shape index (κ2) is 11.8. The molecule has 9 heteroatoms. The zero-order valence-electron chi connectivity index (χ0n) is 14.9. The Labute approximate surface area is 141 Å². The minimum Gasteiger partial charge on any atom is -0.463 e. The Kier molecular flexibility index (Phi) is 10.9. The molecule has 0 aromatic carbocycles. The highest BCUT2D eigenvalue weighted by molar-refractivity contribution is 5.67. The van der Waals surface area contributed by atoms with Crippen molar-refractivity contribution in [3.05, 3.63) is 0 Å². The van der Waals surface area contributed by atoms with Gasteiger partial charge in [0.05, 0.1) is 0 Å². The maximum atomic E-state index is 11.3. The Balaban J connectivity index is 5.26. The largest absolute Gasteiger partial charge is 0.463 e. The van der Waals surface area contributed by atoms with E-state index in [2.05, 4.69) is 0 Å². The lowest BCUT2D eigenvalue weighted by Crippen LogP contribution is -2.52. The van der Waals surface area contributed by atoms with E-state index in [4.69, 9.17) is 28.4 Å². The summed E-state index contributed by atoms with van der Waals surface area (Å²) < 4.78 is 31.1. The van der Waals surface area contributed by atoms with Gasteiger partial charge in [0.15, 0.2) is 6.10 Å². The minimum absolute atomic E-state index is 0.0788. The van der Waals surface area contributed by atoms with Gasteiger partial charge in [-0.15, -0.1) is 0 Å². The van der Waals surface area contributed by atoms with Gasteiger partial charge in [-0.1, -0.05) is 0 Å². The van der Waals surface area contributed by atoms with Crippen molar-refractivity contribution < 1.29 is 42.8 Å². The lowest BCUT2D eigenvalue weighted by Gasteiger charge is -2.34. The molecule has 0 N–H and O–H groups in total. The fourth-order valence-electron chi connectivity index (χ4n) is 2.10. The van der Waals surface area contributed by atoms with Gasteiger partial charge in [0, 0.05) is 42.1 Å². The van der Waals surface area contributed by atoms with Gasteiger partial charge in [-0.25, -0.2) is 0 Å². The number of rotatable bonds is 11. The zero-order chi connectivity index (χ0) is 18.7. The zero-order valence-corrected chi connectivity index (χ0v) is 14.9. The summed E-state index contributed by atoms with van der Waals surface area (Å²) in [4.78, 5) is 33.4. The third kappa shape index (κ3) is 8.23. The summed E-state index contributed by atoms with van der Waals surface area (Å²) in [5.41, 5.74) is 0. The molecule has 0 rings (SSSR count). The third-order valence-electron chi connectivity index (χ3n) is 3.12. The second-order valence-electron chi connectivity index (χ2n) is 4.93. The molecule has 9 nitrogen and oxygen atoms in total. The van der Waals surface area contributed by atoms with Gasteiger partial charge >= 0.3 is 17.9 Å². The third-order valence-corrected chi connectivity index (χ3v) is 3.12. The number of carbonyl (C=O) groups is 3. The standard InChI is InChI=1S/C15H26O9/c1-9(16)22-7-12(19-4)14(20-5)15(21-6)13(24-11(3)18)8-23-10(2)17/h12-15H,7-8H2,1-6H3. The van der Waals surface area contributed by atoms with E-state index in [0.717, 1.165) is 0 Å². The van der Waals surface area contributed by atoms with Gasteiger partial charge in [0.2, 0.25) is 0 Å². The molecular formula is C15H26O9. The molecule has 0 aromatic rings. The highest BCUT2D eigenvalue weighted by Crippen LogP contribution is 2.18. The van der Waals surface area contributed by atoms with E-state index in [1.54, 1.807) is 0 Å². The molecule has 0 aliphatic carbocycles. The average molecular weight is 350 g/mol. The van der Waals surface area contributed by atoms with Gasteiger partial charge < -0.3 is 28.4 Å². The summed E-state index contributed by atoms with van der Waals surface area (Å²) in [6.45, 7) is 3.44. The van der Waals surface area contributed by atoms with Crippen molar-refractivity contribution >= 4 is 17.9 Å². The van der Waals surface area contributed by atoms with Crippen LogP contribution in [0.15, 0.2) is 0 Å². The summed E-state index contributed by atoms with van der Waals surface area (Å²) >= 11 is 0. The summed E-state index contributed by atoms with van der Waals surface area (Å²) in [6.07, 6.45) is -3.17. The van der Waals surface area contributed by atoms with Gasteiger partial charge in [-0.3, -0.25) is 14.4 Å². The van der Waals surface area contributed by atoms with Crippen LogP contribution in [-0.2, 0) is 42.8 Å². The lowest BCUT2D eigenvalue weighted by atomic mass is 10.0. The van der Waals surface area contributed by atoms with Crippen LogP contribution in [0.5, 0.6) is 0 Å². The number of hydrogen-bond donors (Lipinski definition) is 0. The fraction of sp³-hybridized carbons (Fsp3) is 0.800. The van der Waals surface area contributed by atoms with E-state index < -0.39 is 42.3 Å². The highest BCUT2D eigenvalue weighted by atomic mass is 16.6. The maximum Gasteiger partial charge on any atom is 0.303 e. The first kappa shape index (κ1) is 22.3. The van der Waals surface area contributed by atoms with E-state index in [0.29, 0.717) is 0 Å². The predicted octanol–water partition coefficient (Wildman–Crippen LogP) is 0.0893. The molecule has 140 valence electrons. The number of esters is 3. The predicted molar refractivity (Wildman–Crippen MR) is 81.2 cm³/mol. The summed E-state index contributed by atoms with van der Waals surface area (Å²) in [6, 6.07) is 0. The summed E-state index contributed by atoms with van der Waals surface area (Å²) in [5.74, 6) is -1.57. The van der Waals surface area contributed by atoms with Crippen molar-refractivity contribution in [3.63, 3.8) is 0 Å². The number of hydrogen-bond acceptors (Lipinski definition) is 9. The first-order valence-electron chi connectivity index (χ1n) is 7.29. The Morgan fingerprint density at radius 2 is 1.08 bits per heavy atom. The Bertz CT molecular complexity index is 410. The quantitative estimate of drug-likeness (QED) is 0.378. The molecular weight excluding hydrogens is 324 g/mol. The Morgan fingerprint density at radius 3 is 1.42 bits per heavy atom. The van der Waals surface area contributed by atoms with Gasteiger partial charge in [-0.2, -0.15) is 0 Å². The normalized spacial score (nSPS) is 15.8. The van der Waals surface area contributed by atoms with Crippen LogP contribution in [0, 0.1) is 0 Å². The maximum absolute atomic E-state index is 11.3. The Morgan fingerprint density at radius 1 is 0.667 bits per heavy atom. The first-order valence-corrected chi connectivity index (χ1v) is 7.29. The van der Waals surface area contributed by atoms with Crippen molar-refractivity contribution in [2.75, 3.05) is 34.5 Å². The van der Waals surface area contributed by atoms with E-state index >= 15 is 0 Å². The highest BCUT2D eigenvalue weighted by Gasteiger charge is 2.38. The van der Waals surface area contributed by atoms with Gasteiger partial charge in [0.25, 0.3) is 0 Å². The van der Waals surface area contributed by atoms with Crippen molar-refractivity contribution in [1.82, 2.24) is 0 Å². The molecule has 0 bridgehead atoms. The number of ether oxygens (including phenoxy) is 6. The average Bonchev–Trinajstić information content (AvgIpc) is 2.50. The SMILES string of the molecule is COC(COC(C)=O)C(OC)C(OC)C(COC(C)=O)OC(C)=O. The molecule has 4 atom stereocenters. The van der Waals surface area contributed by atoms with Gasteiger partial charge in [0.1, 0.15) is 31.5 Å². The molecule has 0 amide bonds. The monoisotopic (exact) mass is 350 g/mol. The summed E-state index contributed by atoms with van der Waals surface area (Å²) in [7, 11) is 4.21. The smallest absolute Gasteiger partial charge is 0.303 e. The minimum atomic E-state index is -0.920. The topological polar surface area (TPSA) is 107 Å². The van der Waals surface area contributed by atoms with Crippen molar-refractivity contribution in [1.29, 1.82) is 0 Å². The van der Waals surface area contributed by atoms with E-state index in [9.17, 15) is 14.4 Å². The molecule has 0 spiro atoms. The molecule has 0 aromatic heterocycles. The molecule has 0 radical (unpaired) electrons. The molecule has 0 aliphatic rings. The van der Waals surface area contributed by atoms with E-state index in [-0.39, 0.29) is 13.2 Å². The number of carbonyl (C=O) groups excluding carboxylic acids is 3. The molecule has 0 aliphatic heterocycles. The van der Waals surface area contributed by atoms with Crippen LogP contribution >= 0.6 is 0 Å². The molecule has 0 saturated carbocycles. The van der Waals surface area contributed by atoms with Crippen LogP contribution in [0.2, 0.25) is 0 Å². The van der Waals surface area contributed by atoms with Crippen LogP contribution in [-0.4, -0.2) is 76.9 Å². The lowest BCUT2D eigenvalue weighted by molar-refractivity contribution is -0.188. The van der Waals surface area contributed by atoms with Crippen LogP contribution in [0.3, 0.4) is 0 Å². The molecule has 0 heterocycles. The van der Waals surface area contributed by atoms with Crippen molar-refractivity contribution in [2.45, 2.75) is 45.2 Å². The van der Waals surface area contributed by atoms with Crippen molar-refractivity contribution in [3.8, 4) is 0 Å². The van der Waals surface area contributed by atoms with Gasteiger partial charge in [-0.05, 0) is 0 Å². The molecule has 4 unspecified atom stereocenters. The van der Waals surface area contributed by atoms with E-state index in [1.807, 2.05) is 0 Å². The van der Waals surface area contributed by atoms with E-state index in [1.165, 1.54) is 42.1 Å². The van der Waals surface area contributed by atoms with Crippen LogP contribution < -0.4 is 0 Å². The number of methoxy groups -OCH3 is 3. The first-order chi connectivity index (χ1) is 11.3.